The molecule has 0 aromatic carbocycles. The highest BCUT2D eigenvalue weighted by molar-refractivity contribution is 6.30. The Balaban J connectivity index is 1.90. The van der Waals surface area contributed by atoms with Crippen molar-refractivity contribution >= 4 is 23.2 Å². The predicted octanol–water partition coefficient (Wildman–Crippen LogP) is 2.46. The topological polar surface area (TPSA) is 40.9 Å². The third kappa shape index (κ3) is 2.71. The van der Waals surface area contributed by atoms with E-state index >= 15 is 0 Å². The van der Waals surface area contributed by atoms with Gasteiger partial charge < -0.3 is 9.80 Å². The molecule has 1 aliphatic rings. The number of hydrogen-bond donors (Lipinski definition) is 0. The van der Waals surface area contributed by atoms with E-state index in [2.05, 4.69) is 16.9 Å². The molecule has 1 fully saturated rings. The molecule has 3 rings (SSSR count). The van der Waals surface area contributed by atoms with Crippen molar-refractivity contribution in [3.05, 3.63) is 34.7 Å². The summed E-state index contributed by atoms with van der Waals surface area (Å²) in [5.41, 5.74) is 2.09. The fourth-order valence-electron chi connectivity index (χ4n) is 3.11. The van der Waals surface area contributed by atoms with Crippen molar-refractivity contribution in [2.24, 2.45) is 0 Å². The number of pyridine rings is 1. The van der Waals surface area contributed by atoms with E-state index in [4.69, 9.17) is 11.6 Å². The molecule has 5 nitrogen and oxygen atoms in total. The van der Waals surface area contributed by atoms with Crippen molar-refractivity contribution in [3.63, 3.8) is 0 Å². The second-order valence-corrected chi connectivity index (χ2v) is 6.51. The summed E-state index contributed by atoms with van der Waals surface area (Å²) in [6, 6.07) is 3.85. The second kappa shape index (κ2) is 5.89. The number of aryl methyl sites for hydroxylation is 1. The number of hydrogen-bond acceptors (Lipinski definition) is 3. The number of aromatic nitrogens is 2. The highest BCUT2D eigenvalue weighted by atomic mass is 35.5. The van der Waals surface area contributed by atoms with Gasteiger partial charge in [0.2, 0.25) is 0 Å². The Morgan fingerprint density at radius 3 is 2.77 bits per heavy atom. The van der Waals surface area contributed by atoms with E-state index < -0.39 is 0 Å². The van der Waals surface area contributed by atoms with E-state index in [0.29, 0.717) is 22.4 Å². The molecule has 1 amide bonds. The Hall–Kier alpha value is -1.59. The Labute approximate surface area is 135 Å². The molecule has 3 heterocycles. The summed E-state index contributed by atoms with van der Waals surface area (Å²) in [5, 5.41) is 0.625. The van der Waals surface area contributed by atoms with Crippen molar-refractivity contribution in [2.75, 3.05) is 27.2 Å². The number of likely N-dealkylation sites (tertiary alicyclic amines) is 1. The molecule has 0 N–H and O–H groups in total. The number of halogens is 1. The first kappa shape index (κ1) is 15.3. The maximum Gasteiger partial charge on any atom is 0.272 e. The average Bonchev–Trinajstić information content (AvgIpc) is 2.81. The quantitative estimate of drug-likeness (QED) is 0.853. The number of imidazole rings is 1. The predicted molar refractivity (Wildman–Crippen MR) is 87.6 cm³/mol. The highest BCUT2D eigenvalue weighted by Crippen LogP contribution is 2.21. The maximum atomic E-state index is 12.9. The minimum atomic E-state index is 0.0295. The van der Waals surface area contributed by atoms with Crippen LogP contribution in [-0.2, 0) is 0 Å². The van der Waals surface area contributed by atoms with Gasteiger partial charge in [0.1, 0.15) is 11.3 Å². The summed E-state index contributed by atoms with van der Waals surface area (Å²) < 4.78 is 1.83. The zero-order chi connectivity index (χ0) is 15.9. The summed E-state index contributed by atoms with van der Waals surface area (Å²) in [4.78, 5) is 21.6. The number of carbonyl (C=O) groups is 1. The SMILES string of the molecule is Cc1nc2cc(Cl)ccn2c1C(=O)N(C)C1CCN(C)CC1. The number of fused-ring (bicyclic) bond motifs is 1. The molecule has 6 heteroatoms. The first-order valence-electron chi connectivity index (χ1n) is 7.57. The van der Waals surface area contributed by atoms with Gasteiger partial charge in [0.25, 0.3) is 5.91 Å². The lowest BCUT2D eigenvalue weighted by molar-refractivity contribution is 0.0652. The molecule has 2 aromatic rings. The van der Waals surface area contributed by atoms with Crippen molar-refractivity contribution in [3.8, 4) is 0 Å². The minimum absolute atomic E-state index is 0.0295. The lowest BCUT2D eigenvalue weighted by atomic mass is 10.0. The van der Waals surface area contributed by atoms with Crippen LogP contribution in [0.15, 0.2) is 18.3 Å². The molecule has 1 saturated heterocycles. The Morgan fingerprint density at radius 1 is 1.41 bits per heavy atom. The third-order valence-electron chi connectivity index (χ3n) is 4.52. The summed E-state index contributed by atoms with van der Waals surface area (Å²) in [7, 11) is 4.02. The van der Waals surface area contributed by atoms with E-state index in [1.165, 1.54) is 0 Å². The third-order valence-corrected chi connectivity index (χ3v) is 4.76. The molecule has 0 aliphatic carbocycles. The fourth-order valence-corrected chi connectivity index (χ4v) is 3.26. The van der Waals surface area contributed by atoms with E-state index in [1.807, 2.05) is 29.5 Å². The number of rotatable bonds is 2. The van der Waals surface area contributed by atoms with Crippen molar-refractivity contribution < 1.29 is 4.79 Å². The Morgan fingerprint density at radius 2 is 2.09 bits per heavy atom. The Bertz CT molecular complexity index is 703. The molecule has 1 aliphatic heterocycles. The normalized spacial score (nSPS) is 17.1. The van der Waals surface area contributed by atoms with Gasteiger partial charge in [-0.3, -0.25) is 9.20 Å². The van der Waals surface area contributed by atoms with Crippen LogP contribution < -0.4 is 0 Å². The van der Waals surface area contributed by atoms with Gasteiger partial charge in [-0.2, -0.15) is 0 Å². The molecule has 0 atom stereocenters. The van der Waals surface area contributed by atoms with Crippen LogP contribution in [0.3, 0.4) is 0 Å². The zero-order valence-electron chi connectivity index (χ0n) is 13.2. The van der Waals surface area contributed by atoms with Crippen LogP contribution in [0.2, 0.25) is 5.02 Å². The monoisotopic (exact) mass is 320 g/mol. The number of amides is 1. The van der Waals surface area contributed by atoms with Gasteiger partial charge in [0.15, 0.2) is 0 Å². The number of nitrogens with zero attached hydrogens (tertiary/aromatic N) is 4. The number of carbonyl (C=O) groups excluding carboxylic acids is 1. The largest absolute Gasteiger partial charge is 0.337 e. The maximum absolute atomic E-state index is 12.9. The van der Waals surface area contributed by atoms with E-state index in [9.17, 15) is 4.79 Å². The molecule has 2 aromatic heterocycles. The van der Waals surface area contributed by atoms with Crippen molar-refractivity contribution in [1.29, 1.82) is 0 Å². The fraction of sp³-hybridized carbons (Fsp3) is 0.500. The van der Waals surface area contributed by atoms with Crippen LogP contribution in [-0.4, -0.2) is 58.3 Å². The molecular weight excluding hydrogens is 300 g/mol. The summed E-state index contributed by atoms with van der Waals surface area (Å²) in [5.74, 6) is 0.0295. The van der Waals surface area contributed by atoms with Gasteiger partial charge in [-0.1, -0.05) is 11.6 Å². The first-order chi connectivity index (χ1) is 10.5. The average molecular weight is 321 g/mol. The first-order valence-corrected chi connectivity index (χ1v) is 7.95. The highest BCUT2D eigenvalue weighted by Gasteiger charge is 2.27. The minimum Gasteiger partial charge on any atom is -0.337 e. The lowest BCUT2D eigenvalue weighted by Crippen LogP contribution is -2.44. The molecule has 0 unspecified atom stereocenters. The van der Waals surface area contributed by atoms with E-state index in [-0.39, 0.29) is 5.91 Å². The van der Waals surface area contributed by atoms with Gasteiger partial charge in [-0.05, 0) is 46.0 Å². The van der Waals surface area contributed by atoms with Crippen LogP contribution in [0.1, 0.15) is 29.0 Å². The van der Waals surface area contributed by atoms with Gasteiger partial charge >= 0.3 is 0 Å². The smallest absolute Gasteiger partial charge is 0.272 e. The van der Waals surface area contributed by atoms with Crippen LogP contribution in [0, 0.1) is 6.92 Å². The molecule has 22 heavy (non-hydrogen) atoms. The van der Waals surface area contributed by atoms with Crippen LogP contribution >= 0.6 is 11.6 Å². The van der Waals surface area contributed by atoms with Gasteiger partial charge in [0, 0.05) is 30.4 Å². The van der Waals surface area contributed by atoms with Gasteiger partial charge in [0.05, 0.1) is 5.69 Å². The van der Waals surface area contributed by atoms with Crippen LogP contribution in [0.5, 0.6) is 0 Å². The molecule has 0 bridgehead atoms. The molecular formula is C16H21ClN4O. The molecule has 0 saturated carbocycles. The molecule has 0 spiro atoms. The lowest BCUT2D eigenvalue weighted by Gasteiger charge is -2.35. The van der Waals surface area contributed by atoms with Crippen molar-refractivity contribution in [1.82, 2.24) is 19.2 Å². The van der Waals surface area contributed by atoms with Crippen LogP contribution in [0.4, 0.5) is 0 Å². The van der Waals surface area contributed by atoms with Gasteiger partial charge in [-0.15, -0.1) is 0 Å². The Kier molecular flexibility index (Phi) is 4.10. The second-order valence-electron chi connectivity index (χ2n) is 6.07. The van der Waals surface area contributed by atoms with E-state index in [0.717, 1.165) is 31.6 Å². The standard InChI is InChI=1S/C16H21ClN4O/c1-11-15(21-9-4-12(17)10-14(21)18-11)16(22)20(3)13-5-7-19(2)8-6-13/h4,9-10,13H,5-8H2,1-3H3. The zero-order valence-corrected chi connectivity index (χ0v) is 14.0. The summed E-state index contributed by atoms with van der Waals surface area (Å²) in [6.07, 6.45) is 3.84. The van der Waals surface area contributed by atoms with E-state index in [1.54, 1.807) is 12.1 Å². The molecule has 0 radical (unpaired) electrons. The number of piperidine rings is 1. The van der Waals surface area contributed by atoms with Crippen LogP contribution in [0.25, 0.3) is 5.65 Å². The molecule has 118 valence electrons. The van der Waals surface area contributed by atoms with Crippen molar-refractivity contribution in [2.45, 2.75) is 25.8 Å². The summed E-state index contributed by atoms with van der Waals surface area (Å²) in [6.45, 7) is 3.94. The summed E-state index contributed by atoms with van der Waals surface area (Å²) >= 11 is 6.00. The van der Waals surface area contributed by atoms with Gasteiger partial charge in [-0.25, -0.2) is 4.98 Å².